The molecule has 1 aliphatic heterocycles. The number of piperidine rings is 1. The van der Waals surface area contributed by atoms with Gasteiger partial charge in [-0.2, -0.15) is 13.2 Å². The summed E-state index contributed by atoms with van der Waals surface area (Å²) in [5.41, 5.74) is -0.293. The van der Waals surface area contributed by atoms with Crippen molar-refractivity contribution >= 4 is 5.91 Å². The second-order valence-electron chi connectivity index (χ2n) is 8.24. The molecule has 1 aliphatic carbocycles. The Balaban J connectivity index is 1.50. The summed E-state index contributed by atoms with van der Waals surface area (Å²) in [5, 5.41) is 9.32. The quantitative estimate of drug-likeness (QED) is 0.808. The summed E-state index contributed by atoms with van der Waals surface area (Å²) >= 11 is 0. The second-order valence-corrected chi connectivity index (χ2v) is 8.24. The third-order valence-corrected chi connectivity index (χ3v) is 6.33. The van der Waals surface area contributed by atoms with E-state index in [2.05, 4.69) is 0 Å². The molecule has 1 N–H and O–H groups in total. The van der Waals surface area contributed by atoms with Crippen LogP contribution in [0.25, 0.3) is 0 Å². The molecule has 1 spiro atoms. The number of nitrogens with zero attached hydrogens (tertiary/aromatic N) is 1. The molecule has 3 rings (SSSR count). The number of aliphatic hydroxyl groups excluding tert-OH is 1. The van der Waals surface area contributed by atoms with E-state index in [0.717, 1.165) is 31.7 Å². The normalized spacial score (nSPS) is 20.7. The van der Waals surface area contributed by atoms with Gasteiger partial charge in [0.05, 0.1) is 24.2 Å². The molecule has 0 aromatic heterocycles. The van der Waals surface area contributed by atoms with Crippen LogP contribution in [-0.2, 0) is 11.0 Å². The summed E-state index contributed by atoms with van der Waals surface area (Å²) < 4.78 is 44.5. The van der Waals surface area contributed by atoms with Gasteiger partial charge in [-0.3, -0.25) is 4.79 Å². The number of amides is 1. The Morgan fingerprint density at radius 3 is 2.46 bits per heavy atom. The number of halogens is 3. The van der Waals surface area contributed by atoms with Crippen LogP contribution in [0.3, 0.4) is 0 Å². The molecule has 1 atom stereocenters. The van der Waals surface area contributed by atoms with Crippen LogP contribution in [0.2, 0.25) is 0 Å². The minimum absolute atomic E-state index is 0.0132. The molecule has 1 saturated carbocycles. The number of benzene rings is 1. The predicted molar refractivity (Wildman–Crippen MR) is 98.9 cm³/mol. The molecule has 1 heterocycles. The van der Waals surface area contributed by atoms with E-state index < -0.39 is 11.7 Å². The zero-order chi connectivity index (χ0) is 20.5. The Morgan fingerprint density at radius 2 is 1.96 bits per heavy atom. The van der Waals surface area contributed by atoms with E-state index >= 15 is 0 Å². The first-order chi connectivity index (χ1) is 13.2. The summed E-state index contributed by atoms with van der Waals surface area (Å²) in [5.74, 6) is 0.202. The topological polar surface area (TPSA) is 49.8 Å². The van der Waals surface area contributed by atoms with Crippen molar-refractivity contribution in [1.82, 2.24) is 4.90 Å². The second kappa shape index (κ2) is 7.93. The van der Waals surface area contributed by atoms with Gasteiger partial charge in [0, 0.05) is 13.1 Å². The fourth-order valence-electron chi connectivity index (χ4n) is 4.46. The van der Waals surface area contributed by atoms with Crippen molar-refractivity contribution in [1.29, 1.82) is 0 Å². The smallest absolute Gasteiger partial charge is 0.416 e. The van der Waals surface area contributed by atoms with Gasteiger partial charge in [-0.1, -0.05) is 6.92 Å². The molecule has 0 radical (unpaired) electrons. The standard InChI is InChI=1S/C21H28F3NO3/c1-3-15(13-26)19(27)25-8-6-20(7-9-25)11-17(12-20)28-16-4-5-18(14(2)10-16)21(22,23)24/h4-5,10,15,17,26H,3,6-9,11-13H2,1-2H3/t15-/m1/s1. The van der Waals surface area contributed by atoms with Crippen LogP contribution in [0.15, 0.2) is 18.2 Å². The number of alkyl halides is 3. The maximum atomic E-state index is 12.9. The number of aryl methyl sites for hydroxylation is 1. The molecule has 0 unspecified atom stereocenters. The highest BCUT2D eigenvalue weighted by molar-refractivity contribution is 5.79. The van der Waals surface area contributed by atoms with Crippen molar-refractivity contribution in [2.24, 2.45) is 11.3 Å². The van der Waals surface area contributed by atoms with Crippen LogP contribution < -0.4 is 4.74 Å². The molecule has 1 amide bonds. The molecule has 0 bridgehead atoms. The highest BCUT2D eigenvalue weighted by Gasteiger charge is 2.48. The first-order valence-electron chi connectivity index (χ1n) is 9.91. The minimum Gasteiger partial charge on any atom is -0.490 e. The van der Waals surface area contributed by atoms with Gasteiger partial charge in [-0.25, -0.2) is 0 Å². The molecule has 1 aromatic rings. The highest BCUT2D eigenvalue weighted by atomic mass is 19.4. The van der Waals surface area contributed by atoms with Gasteiger partial charge in [0.1, 0.15) is 5.75 Å². The number of likely N-dealkylation sites (tertiary alicyclic amines) is 1. The van der Waals surface area contributed by atoms with Crippen LogP contribution in [-0.4, -0.2) is 41.7 Å². The number of ether oxygens (including phenoxy) is 1. The fraction of sp³-hybridized carbons (Fsp3) is 0.667. The summed E-state index contributed by atoms with van der Waals surface area (Å²) in [6.07, 6.45) is -0.141. The van der Waals surface area contributed by atoms with Crippen molar-refractivity contribution in [3.05, 3.63) is 29.3 Å². The van der Waals surface area contributed by atoms with E-state index in [4.69, 9.17) is 4.74 Å². The Hall–Kier alpha value is -1.76. The van der Waals surface area contributed by atoms with Crippen molar-refractivity contribution in [2.45, 2.75) is 58.2 Å². The molecule has 156 valence electrons. The van der Waals surface area contributed by atoms with E-state index in [0.29, 0.717) is 25.3 Å². The van der Waals surface area contributed by atoms with Gasteiger partial charge in [0.15, 0.2) is 0 Å². The van der Waals surface area contributed by atoms with E-state index in [1.807, 2.05) is 11.8 Å². The molecule has 7 heteroatoms. The summed E-state index contributed by atoms with van der Waals surface area (Å²) in [7, 11) is 0. The molecule has 2 fully saturated rings. The van der Waals surface area contributed by atoms with Gasteiger partial charge < -0.3 is 14.7 Å². The van der Waals surface area contributed by atoms with Crippen molar-refractivity contribution < 1.29 is 27.8 Å². The summed E-state index contributed by atoms with van der Waals surface area (Å²) in [6, 6.07) is 3.92. The number of hydrogen-bond donors (Lipinski definition) is 1. The zero-order valence-electron chi connectivity index (χ0n) is 16.4. The SMILES string of the molecule is CC[C@H](CO)C(=O)N1CCC2(CC1)CC(Oc1ccc(C(F)(F)F)c(C)c1)C2. The monoisotopic (exact) mass is 399 g/mol. The van der Waals surface area contributed by atoms with E-state index in [1.54, 1.807) is 0 Å². The third kappa shape index (κ3) is 4.29. The van der Waals surface area contributed by atoms with E-state index in [9.17, 15) is 23.1 Å². The number of carbonyl (C=O) groups is 1. The van der Waals surface area contributed by atoms with Crippen LogP contribution in [0.4, 0.5) is 13.2 Å². The third-order valence-electron chi connectivity index (χ3n) is 6.33. The average molecular weight is 399 g/mol. The van der Waals surface area contributed by atoms with Crippen molar-refractivity contribution in [3.8, 4) is 5.75 Å². The number of carbonyl (C=O) groups excluding carboxylic acids is 1. The van der Waals surface area contributed by atoms with Crippen LogP contribution in [0.1, 0.15) is 50.2 Å². The van der Waals surface area contributed by atoms with Crippen molar-refractivity contribution in [2.75, 3.05) is 19.7 Å². The molecular formula is C21H28F3NO3. The number of aliphatic hydroxyl groups is 1. The summed E-state index contributed by atoms with van der Waals surface area (Å²) in [6.45, 7) is 4.63. The predicted octanol–water partition coefficient (Wildman–Crippen LogP) is 4.18. The Bertz CT molecular complexity index is 699. The molecule has 1 aromatic carbocycles. The lowest BCUT2D eigenvalue weighted by Crippen LogP contribution is -2.53. The van der Waals surface area contributed by atoms with E-state index in [1.165, 1.54) is 19.1 Å². The van der Waals surface area contributed by atoms with Gasteiger partial charge in [-0.15, -0.1) is 0 Å². The Morgan fingerprint density at radius 1 is 1.32 bits per heavy atom. The lowest BCUT2D eigenvalue weighted by molar-refractivity contribution is -0.142. The van der Waals surface area contributed by atoms with Crippen LogP contribution in [0, 0.1) is 18.3 Å². The first kappa shape index (κ1) is 21.0. The largest absolute Gasteiger partial charge is 0.490 e. The van der Waals surface area contributed by atoms with Gasteiger partial charge in [-0.05, 0) is 68.2 Å². The van der Waals surface area contributed by atoms with Crippen LogP contribution in [0.5, 0.6) is 5.75 Å². The molecule has 28 heavy (non-hydrogen) atoms. The Kier molecular flexibility index (Phi) is 5.94. The van der Waals surface area contributed by atoms with Crippen LogP contribution >= 0.6 is 0 Å². The van der Waals surface area contributed by atoms with Crippen molar-refractivity contribution in [3.63, 3.8) is 0 Å². The number of hydrogen-bond acceptors (Lipinski definition) is 3. The Labute approximate surface area is 163 Å². The molecular weight excluding hydrogens is 371 g/mol. The zero-order valence-corrected chi connectivity index (χ0v) is 16.4. The lowest BCUT2D eigenvalue weighted by atomic mass is 9.61. The minimum atomic E-state index is -4.35. The van der Waals surface area contributed by atoms with Gasteiger partial charge in [0.2, 0.25) is 5.91 Å². The summed E-state index contributed by atoms with van der Waals surface area (Å²) in [4.78, 5) is 14.2. The maximum absolute atomic E-state index is 12.9. The molecule has 2 aliphatic rings. The molecule has 1 saturated heterocycles. The van der Waals surface area contributed by atoms with Gasteiger partial charge in [0.25, 0.3) is 0 Å². The maximum Gasteiger partial charge on any atom is 0.416 e. The molecule has 4 nitrogen and oxygen atoms in total. The van der Waals surface area contributed by atoms with Gasteiger partial charge >= 0.3 is 6.18 Å². The van der Waals surface area contributed by atoms with E-state index in [-0.39, 0.29) is 35.5 Å². The average Bonchev–Trinajstić information content (AvgIpc) is 2.61. The number of rotatable bonds is 5. The highest BCUT2D eigenvalue weighted by Crippen LogP contribution is 2.50. The lowest BCUT2D eigenvalue weighted by Gasteiger charge is -2.52. The first-order valence-corrected chi connectivity index (χ1v) is 9.91. The fourth-order valence-corrected chi connectivity index (χ4v) is 4.46.